The molecular formula is C6H4F12O2. The smallest absolute Gasteiger partial charge is 0.331 e. The van der Waals surface area contributed by atoms with Crippen LogP contribution in [-0.2, 0) is 0 Å². The molecule has 0 bridgehead atoms. The third kappa shape index (κ3) is 5.22. The first-order valence-corrected chi connectivity index (χ1v) is 3.91. The van der Waals surface area contributed by atoms with E-state index in [0.29, 0.717) is 0 Å². The zero-order valence-corrected chi connectivity index (χ0v) is 8.58. The van der Waals surface area contributed by atoms with Crippen molar-refractivity contribution in [1.82, 2.24) is 0 Å². The van der Waals surface area contributed by atoms with Gasteiger partial charge in [-0.1, -0.05) is 0 Å². The van der Waals surface area contributed by atoms with Crippen LogP contribution in [0.25, 0.3) is 0 Å². The summed E-state index contributed by atoms with van der Waals surface area (Å²) < 4.78 is 133. The van der Waals surface area contributed by atoms with Gasteiger partial charge in [-0.3, -0.25) is 0 Å². The Kier molecular flexibility index (Phi) is 6.67. The Hall–Kier alpha value is -0.920. The van der Waals surface area contributed by atoms with Crippen molar-refractivity contribution >= 4 is 0 Å². The second-order valence-corrected chi connectivity index (χ2v) is 2.93. The number of hydrogen-bond donors (Lipinski definition) is 2. The fraction of sp³-hybridized carbons (Fsp3) is 1.00. The van der Waals surface area contributed by atoms with E-state index in [-0.39, 0.29) is 0 Å². The molecule has 0 radical (unpaired) electrons. The Balaban J connectivity index is 0. The van der Waals surface area contributed by atoms with E-state index >= 15 is 0 Å². The molecule has 0 saturated carbocycles. The summed E-state index contributed by atoms with van der Waals surface area (Å²) in [4.78, 5) is 0. The van der Waals surface area contributed by atoms with E-state index in [1.807, 2.05) is 0 Å². The van der Waals surface area contributed by atoms with Crippen molar-refractivity contribution < 1.29 is 62.9 Å². The van der Waals surface area contributed by atoms with Gasteiger partial charge in [0.05, 0.1) is 0 Å². The highest BCUT2D eigenvalue weighted by Gasteiger charge is 2.63. The normalized spacial score (nSPS) is 14.4. The minimum atomic E-state index is -5.67. The lowest BCUT2D eigenvalue weighted by atomic mass is 10.3. The molecule has 0 fully saturated rings. The largest absolute Gasteiger partial charge is 0.423 e. The van der Waals surface area contributed by atoms with Gasteiger partial charge in [0, 0.05) is 0 Å². The van der Waals surface area contributed by atoms with E-state index in [1.54, 1.807) is 0 Å². The Bertz CT molecular complexity index is 259. The van der Waals surface area contributed by atoms with Crippen LogP contribution in [0.1, 0.15) is 0 Å². The SMILES string of the molecule is OC(F)(F)C(F)(F)C(F)F.OC(F)(F)C(F)(F)C(F)F. The summed E-state index contributed by atoms with van der Waals surface area (Å²) in [5.74, 6) is -11.3. The minimum Gasteiger partial charge on any atom is -0.331 e. The number of rotatable bonds is 4. The van der Waals surface area contributed by atoms with Gasteiger partial charge < -0.3 is 10.2 Å². The highest BCUT2D eigenvalue weighted by Crippen LogP contribution is 2.37. The van der Waals surface area contributed by atoms with Crippen LogP contribution in [0.2, 0.25) is 0 Å². The highest BCUT2D eigenvalue weighted by atomic mass is 19.4. The molecule has 2 N–H and O–H groups in total. The summed E-state index contributed by atoms with van der Waals surface area (Å²) in [6.45, 7) is 0. The number of halogens is 12. The number of hydrogen-bond acceptors (Lipinski definition) is 2. The van der Waals surface area contributed by atoms with Crippen molar-refractivity contribution in [2.75, 3.05) is 0 Å². The maximum atomic E-state index is 11.3. The molecule has 0 aromatic heterocycles. The standard InChI is InChI=1S/2C3H2F6O/c2*4-1(5)2(6,7)3(8,9)10/h2*1,10H. The van der Waals surface area contributed by atoms with Crippen molar-refractivity contribution in [3.63, 3.8) is 0 Å². The Labute approximate surface area is 101 Å². The quantitative estimate of drug-likeness (QED) is 0.775. The molecule has 20 heavy (non-hydrogen) atoms. The summed E-state index contributed by atoms with van der Waals surface area (Å²) in [6.07, 6.45) is -20.5. The van der Waals surface area contributed by atoms with Crippen LogP contribution in [0.3, 0.4) is 0 Å². The lowest BCUT2D eigenvalue weighted by molar-refractivity contribution is -0.356. The zero-order chi connectivity index (χ0) is 17.2. The third-order valence-corrected chi connectivity index (χ3v) is 1.35. The van der Waals surface area contributed by atoms with Crippen LogP contribution in [0.15, 0.2) is 0 Å². The summed E-state index contributed by atoms with van der Waals surface area (Å²) >= 11 is 0. The van der Waals surface area contributed by atoms with E-state index in [4.69, 9.17) is 10.2 Å². The Morgan fingerprint density at radius 2 is 0.650 bits per heavy atom. The first-order valence-electron chi connectivity index (χ1n) is 3.91. The average molecular weight is 336 g/mol. The number of aliphatic hydroxyl groups is 2. The first kappa shape index (κ1) is 21.4. The lowest BCUT2D eigenvalue weighted by Gasteiger charge is -2.19. The van der Waals surface area contributed by atoms with Gasteiger partial charge in [0.2, 0.25) is 0 Å². The maximum absolute atomic E-state index is 11.3. The minimum absolute atomic E-state index is 4.58. The fourth-order valence-electron chi connectivity index (χ4n) is 0.263. The zero-order valence-electron chi connectivity index (χ0n) is 8.58. The maximum Gasteiger partial charge on any atom is 0.423 e. The molecule has 0 aliphatic heterocycles. The second-order valence-electron chi connectivity index (χ2n) is 2.93. The van der Waals surface area contributed by atoms with Gasteiger partial charge >= 0.3 is 36.9 Å². The van der Waals surface area contributed by atoms with Gasteiger partial charge in [0.1, 0.15) is 0 Å². The van der Waals surface area contributed by atoms with Crippen molar-refractivity contribution in [3.05, 3.63) is 0 Å². The molecule has 0 aromatic rings. The fourth-order valence-corrected chi connectivity index (χ4v) is 0.263. The average Bonchev–Trinajstić information content (AvgIpc) is 2.14. The molecule has 0 spiro atoms. The van der Waals surface area contributed by atoms with Crippen LogP contribution in [0.4, 0.5) is 52.7 Å². The highest BCUT2D eigenvalue weighted by molar-refractivity contribution is 4.77. The summed E-state index contributed by atoms with van der Waals surface area (Å²) in [5.41, 5.74) is 0. The molecule has 14 heteroatoms. The third-order valence-electron chi connectivity index (χ3n) is 1.35. The van der Waals surface area contributed by atoms with Crippen molar-refractivity contribution in [2.24, 2.45) is 0 Å². The molecule has 0 heterocycles. The van der Waals surface area contributed by atoms with Crippen LogP contribution >= 0.6 is 0 Å². The van der Waals surface area contributed by atoms with Crippen LogP contribution < -0.4 is 0 Å². The van der Waals surface area contributed by atoms with Crippen LogP contribution in [0.5, 0.6) is 0 Å². The lowest BCUT2D eigenvalue weighted by Crippen LogP contribution is -2.46. The van der Waals surface area contributed by atoms with Gasteiger partial charge in [0.25, 0.3) is 0 Å². The summed E-state index contributed by atoms with van der Waals surface area (Å²) in [5, 5.41) is 14.3. The molecule has 0 unspecified atom stereocenters. The second kappa shape index (κ2) is 6.24. The molecule has 0 amide bonds. The molecule has 0 aliphatic carbocycles. The monoisotopic (exact) mass is 336 g/mol. The molecule has 0 saturated heterocycles. The van der Waals surface area contributed by atoms with Crippen molar-refractivity contribution in [1.29, 1.82) is 0 Å². The topological polar surface area (TPSA) is 40.5 Å². The predicted molar refractivity (Wildman–Crippen MR) is 36.2 cm³/mol. The molecule has 2 nitrogen and oxygen atoms in total. The molecule has 0 atom stereocenters. The van der Waals surface area contributed by atoms with E-state index in [9.17, 15) is 52.7 Å². The van der Waals surface area contributed by atoms with E-state index in [0.717, 1.165) is 0 Å². The van der Waals surface area contributed by atoms with Gasteiger partial charge in [-0.2, -0.15) is 35.1 Å². The molecule has 0 aliphatic rings. The molecule has 0 rings (SSSR count). The van der Waals surface area contributed by atoms with Crippen molar-refractivity contribution in [3.8, 4) is 0 Å². The molecule has 124 valence electrons. The van der Waals surface area contributed by atoms with Gasteiger partial charge in [-0.15, -0.1) is 0 Å². The Morgan fingerprint density at radius 3 is 0.650 bits per heavy atom. The number of alkyl halides is 12. The van der Waals surface area contributed by atoms with E-state index in [2.05, 4.69) is 0 Å². The summed E-state index contributed by atoms with van der Waals surface area (Å²) in [7, 11) is 0. The Morgan fingerprint density at radius 1 is 0.500 bits per heavy atom. The summed E-state index contributed by atoms with van der Waals surface area (Å²) in [6, 6.07) is 0. The van der Waals surface area contributed by atoms with E-state index in [1.165, 1.54) is 0 Å². The van der Waals surface area contributed by atoms with Crippen LogP contribution in [0, 0.1) is 0 Å². The predicted octanol–water partition coefficient (Wildman–Crippen LogP) is 2.94. The first-order chi connectivity index (χ1) is 8.39. The molecular weight excluding hydrogens is 332 g/mol. The van der Waals surface area contributed by atoms with Gasteiger partial charge in [-0.05, 0) is 0 Å². The van der Waals surface area contributed by atoms with E-state index < -0.39 is 36.9 Å². The molecule has 0 aromatic carbocycles. The van der Waals surface area contributed by atoms with Gasteiger partial charge in [-0.25, -0.2) is 17.6 Å². The van der Waals surface area contributed by atoms with Gasteiger partial charge in [0.15, 0.2) is 0 Å². The van der Waals surface area contributed by atoms with Crippen molar-refractivity contribution in [2.45, 2.75) is 36.9 Å². The van der Waals surface area contributed by atoms with Crippen LogP contribution in [-0.4, -0.2) is 47.1 Å².